The Morgan fingerprint density at radius 1 is 0.911 bits per heavy atom. The molecule has 0 fully saturated rings. The molecule has 2 rings (SSSR count). The summed E-state index contributed by atoms with van der Waals surface area (Å²) >= 11 is 8.57. The number of unbranched alkanes of at least 4 members (excludes halogenated alkanes) is 1. The van der Waals surface area contributed by atoms with Gasteiger partial charge in [-0.2, -0.15) is 0 Å². The molecule has 0 aliphatic heterocycles. The number of nitrogens with two attached hydrogens (primary N) is 1. The molecule has 7 N–H and O–H groups in total. The summed E-state index contributed by atoms with van der Waals surface area (Å²) in [5.74, 6) is -0.351. The number of carbonyl (C=O) groups is 3. The number of aliphatic carboxylic acids is 2. The lowest BCUT2D eigenvalue weighted by Gasteiger charge is -2.22. The number of hydrogen-bond donors (Lipinski definition) is 6. The zero-order chi connectivity index (χ0) is 33.9. The van der Waals surface area contributed by atoms with Gasteiger partial charge in [-0.1, -0.05) is 6.42 Å². The Kier molecular flexibility index (Phi) is 17.1. The largest absolute Gasteiger partial charge is 0.489 e. The Bertz CT molecular complexity index is 1290. The summed E-state index contributed by atoms with van der Waals surface area (Å²) in [5.41, 5.74) is 5.46. The minimum atomic E-state index is -1.17. The van der Waals surface area contributed by atoms with Gasteiger partial charge in [0.2, 0.25) is 0 Å². The molecule has 0 heterocycles. The molecular formula is C29H37I4N3O9. The smallest absolute Gasteiger partial charge is 0.408 e. The summed E-state index contributed by atoms with van der Waals surface area (Å²) in [6.07, 6.45) is 0.362. The van der Waals surface area contributed by atoms with Gasteiger partial charge in [-0.05, 0) is 160 Å². The van der Waals surface area contributed by atoms with Crippen LogP contribution in [0.2, 0.25) is 0 Å². The van der Waals surface area contributed by atoms with E-state index >= 15 is 0 Å². The molecule has 0 aliphatic carbocycles. The first-order chi connectivity index (χ1) is 21.0. The first-order valence-corrected chi connectivity index (χ1v) is 18.2. The van der Waals surface area contributed by atoms with E-state index in [4.69, 9.17) is 25.1 Å². The SMILES string of the molecule is CC(C)(C)OC(=O)NC(Cc1cc(I)c(Oc2cc(I)c(OCC(O)CNCCCCC(N)C(=O)O)c(I)c2)c(I)c1)C(=O)O. The second kappa shape index (κ2) is 19.1. The normalized spacial score (nSPS) is 13.4. The Morgan fingerprint density at radius 3 is 2.02 bits per heavy atom. The molecule has 3 atom stereocenters. The van der Waals surface area contributed by atoms with Crippen LogP contribution in [0.3, 0.4) is 0 Å². The number of aliphatic hydroxyl groups excluding tert-OH is 1. The van der Waals surface area contributed by atoms with Crippen molar-refractivity contribution in [2.75, 3.05) is 19.7 Å². The monoisotopic (exact) mass is 1080 g/mol. The topological polar surface area (TPSA) is 190 Å². The Balaban J connectivity index is 1.97. The first kappa shape index (κ1) is 40.2. The maximum Gasteiger partial charge on any atom is 0.408 e. The van der Waals surface area contributed by atoms with Crippen molar-refractivity contribution in [3.63, 3.8) is 0 Å². The molecule has 0 spiro atoms. The van der Waals surface area contributed by atoms with Crippen molar-refractivity contribution in [3.05, 3.63) is 44.1 Å². The highest BCUT2D eigenvalue weighted by molar-refractivity contribution is 14.1. The van der Waals surface area contributed by atoms with E-state index in [1.165, 1.54) is 0 Å². The van der Waals surface area contributed by atoms with Crippen LogP contribution in [0.25, 0.3) is 0 Å². The van der Waals surface area contributed by atoms with Crippen LogP contribution in [-0.4, -0.2) is 76.8 Å². The van der Waals surface area contributed by atoms with E-state index in [2.05, 4.69) is 101 Å². The highest BCUT2D eigenvalue weighted by Crippen LogP contribution is 2.37. The second-order valence-corrected chi connectivity index (χ2v) is 15.7. The van der Waals surface area contributed by atoms with E-state index in [1.54, 1.807) is 20.8 Å². The van der Waals surface area contributed by atoms with E-state index in [1.807, 2.05) is 24.3 Å². The fourth-order valence-electron chi connectivity index (χ4n) is 3.81. The van der Waals surface area contributed by atoms with Crippen molar-refractivity contribution < 1.29 is 43.9 Å². The summed E-state index contributed by atoms with van der Waals surface area (Å²) in [4.78, 5) is 34.7. The zero-order valence-electron chi connectivity index (χ0n) is 24.9. The van der Waals surface area contributed by atoms with E-state index in [9.17, 15) is 24.6 Å². The second-order valence-electron chi connectivity index (χ2n) is 11.1. The number of carbonyl (C=O) groups excluding carboxylic acids is 1. The van der Waals surface area contributed by atoms with Gasteiger partial charge in [0.05, 0.1) is 14.3 Å². The predicted molar refractivity (Wildman–Crippen MR) is 202 cm³/mol. The highest BCUT2D eigenvalue weighted by atomic mass is 127. The number of halogens is 4. The van der Waals surface area contributed by atoms with Crippen LogP contribution >= 0.6 is 90.4 Å². The number of amides is 1. The van der Waals surface area contributed by atoms with Gasteiger partial charge in [-0.15, -0.1) is 0 Å². The fourth-order valence-corrected chi connectivity index (χ4v) is 7.95. The molecule has 12 nitrogen and oxygen atoms in total. The molecule has 16 heteroatoms. The lowest BCUT2D eigenvalue weighted by molar-refractivity contribution is -0.140. The van der Waals surface area contributed by atoms with Gasteiger partial charge < -0.3 is 45.9 Å². The maximum absolute atomic E-state index is 12.2. The van der Waals surface area contributed by atoms with Crippen molar-refractivity contribution >= 4 is 108 Å². The number of carboxylic acid groups (broad SMARTS) is 2. The van der Waals surface area contributed by atoms with Gasteiger partial charge in [0, 0.05) is 13.0 Å². The Morgan fingerprint density at radius 2 is 1.49 bits per heavy atom. The van der Waals surface area contributed by atoms with E-state index in [0.717, 1.165) is 20.7 Å². The third-order valence-electron chi connectivity index (χ3n) is 5.91. The maximum atomic E-state index is 12.2. The lowest BCUT2D eigenvalue weighted by atomic mass is 10.1. The number of aliphatic hydroxyl groups is 1. The van der Waals surface area contributed by atoms with E-state index in [0.29, 0.717) is 48.7 Å². The van der Waals surface area contributed by atoms with Crippen LogP contribution in [0.1, 0.15) is 45.6 Å². The number of carboxylic acids is 2. The molecule has 0 saturated carbocycles. The van der Waals surface area contributed by atoms with Crippen LogP contribution in [-0.2, 0) is 20.7 Å². The van der Waals surface area contributed by atoms with Crippen LogP contribution in [0.15, 0.2) is 24.3 Å². The minimum Gasteiger partial charge on any atom is -0.489 e. The average Bonchev–Trinajstić information content (AvgIpc) is 2.90. The molecule has 0 bridgehead atoms. The van der Waals surface area contributed by atoms with Crippen LogP contribution < -0.4 is 25.8 Å². The number of nitrogens with one attached hydrogen (secondary N) is 2. The van der Waals surface area contributed by atoms with Crippen LogP contribution in [0.4, 0.5) is 4.79 Å². The van der Waals surface area contributed by atoms with E-state index < -0.39 is 41.8 Å². The summed E-state index contributed by atoms with van der Waals surface area (Å²) in [6, 6.07) is 5.28. The molecular weight excluding hydrogens is 1040 g/mol. The van der Waals surface area contributed by atoms with Crippen LogP contribution in [0, 0.1) is 14.3 Å². The zero-order valence-corrected chi connectivity index (χ0v) is 33.5. The van der Waals surface area contributed by atoms with Gasteiger partial charge in [0.1, 0.15) is 41.9 Å². The number of hydrogen-bond acceptors (Lipinski definition) is 9. The summed E-state index contributed by atoms with van der Waals surface area (Å²) < 4.78 is 20.5. The highest BCUT2D eigenvalue weighted by Gasteiger charge is 2.25. The molecule has 0 saturated heterocycles. The average molecular weight is 1080 g/mol. The number of ether oxygens (including phenoxy) is 3. The fraction of sp³-hybridized carbons (Fsp3) is 0.483. The van der Waals surface area contributed by atoms with E-state index in [-0.39, 0.29) is 13.0 Å². The van der Waals surface area contributed by atoms with Gasteiger partial charge in [0.15, 0.2) is 5.75 Å². The molecule has 2 aromatic rings. The summed E-state index contributed by atoms with van der Waals surface area (Å²) in [5, 5.41) is 34.4. The van der Waals surface area contributed by atoms with Crippen molar-refractivity contribution in [2.24, 2.45) is 5.73 Å². The number of benzene rings is 2. The summed E-state index contributed by atoms with van der Waals surface area (Å²) in [7, 11) is 0. The van der Waals surface area contributed by atoms with Crippen molar-refractivity contribution in [1.82, 2.24) is 10.6 Å². The molecule has 250 valence electrons. The van der Waals surface area contributed by atoms with Gasteiger partial charge in [-0.25, -0.2) is 9.59 Å². The molecule has 1 amide bonds. The van der Waals surface area contributed by atoms with Gasteiger partial charge in [-0.3, -0.25) is 4.79 Å². The van der Waals surface area contributed by atoms with Crippen molar-refractivity contribution in [1.29, 1.82) is 0 Å². The number of rotatable bonds is 17. The third kappa shape index (κ3) is 14.8. The lowest BCUT2D eigenvalue weighted by Crippen LogP contribution is -2.44. The molecule has 2 aromatic carbocycles. The standard InChI is InChI=1S/C29H37I4N3O9/c1-29(2,3)45-28(42)36-23(27(40)41)10-15-8-18(30)25(19(31)9-15)44-17-11-20(32)24(21(33)12-17)43-14-16(37)13-35-7-5-4-6-22(34)26(38)39/h8-9,11-12,16,22-23,35,37H,4-7,10,13-14,34H2,1-3H3,(H,36,42)(H,38,39)(H,40,41). The predicted octanol–water partition coefficient (Wildman–Crippen LogP) is 5.33. The Hall–Kier alpha value is -0.950. The number of alkyl carbamates (subject to hydrolysis) is 1. The van der Waals surface area contributed by atoms with Crippen LogP contribution in [0.5, 0.6) is 17.2 Å². The minimum absolute atomic E-state index is 0.0611. The first-order valence-electron chi connectivity index (χ1n) is 13.8. The quantitative estimate of drug-likeness (QED) is 0.0888. The Labute approximate surface area is 316 Å². The molecule has 45 heavy (non-hydrogen) atoms. The van der Waals surface area contributed by atoms with Crippen molar-refractivity contribution in [2.45, 2.75) is 70.2 Å². The third-order valence-corrected chi connectivity index (χ3v) is 9.12. The molecule has 3 unspecified atom stereocenters. The van der Waals surface area contributed by atoms with Gasteiger partial charge >= 0.3 is 18.0 Å². The van der Waals surface area contributed by atoms with Crippen molar-refractivity contribution in [3.8, 4) is 17.2 Å². The van der Waals surface area contributed by atoms with Gasteiger partial charge in [0.25, 0.3) is 0 Å². The molecule has 0 aliphatic rings. The molecule has 0 radical (unpaired) electrons. The molecule has 0 aromatic heterocycles. The summed E-state index contributed by atoms with van der Waals surface area (Å²) in [6.45, 7) is 6.15.